The SMILES string of the molecule is CC1=[C]C=CC(NN)C1=N. The monoisotopic (exact) mass is 136 g/mol. The van der Waals surface area contributed by atoms with Crippen LogP contribution in [0.4, 0.5) is 0 Å². The Balaban J connectivity index is 2.78. The minimum atomic E-state index is -0.138. The topological polar surface area (TPSA) is 61.9 Å². The summed E-state index contributed by atoms with van der Waals surface area (Å²) < 4.78 is 0. The van der Waals surface area contributed by atoms with E-state index < -0.39 is 0 Å². The smallest absolute Gasteiger partial charge is 0.0811 e. The molecule has 0 aliphatic heterocycles. The van der Waals surface area contributed by atoms with E-state index >= 15 is 0 Å². The second-order valence-electron chi connectivity index (χ2n) is 2.19. The van der Waals surface area contributed by atoms with E-state index in [0.717, 1.165) is 5.57 Å². The number of allylic oxidation sites excluding steroid dienone is 2. The highest BCUT2D eigenvalue weighted by Crippen LogP contribution is 2.05. The Morgan fingerprint density at radius 3 is 3.00 bits per heavy atom. The van der Waals surface area contributed by atoms with Crippen molar-refractivity contribution in [2.45, 2.75) is 13.0 Å². The van der Waals surface area contributed by atoms with Gasteiger partial charge in [0.2, 0.25) is 0 Å². The summed E-state index contributed by atoms with van der Waals surface area (Å²) in [6.07, 6.45) is 6.49. The maximum atomic E-state index is 7.46. The van der Waals surface area contributed by atoms with Crippen LogP contribution >= 0.6 is 0 Å². The molecule has 4 N–H and O–H groups in total. The highest BCUT2D eigenvalue weighted by atomic mass is 15.2. The molecule has 1 radical (unpaired) electrons. The first kappa shape index (κ1) is 7.18. The highest BCUT2D eigenvalue weighted by molar-refractivity contribution is 6.03. The van der Waals surface area contributed by atoms with E-state index in [4.69, 9.17) is 11.3 Å². The normalized spacial score (nSPS) is 24.8. The first-order valence-electron chi connectivity index (χ1n) is 3.07. The third-order valence-electron chi connectivity index (χ3n) is 1.48. The molecule has 53 valence electrons. The standard InChI is InChI=1S/C7H10N3/c1-5-3-2-4-6(10-9)7(5)8/h2,4,6,8,10H,9H2,1H3. The highest BCUT2D eigenvalue weighted by Gasteiger charge is 2.12. The first-order valence-corrected chi connectivity index (χ1v) is 3.07. The maximum Gasteiger partial charge on any atom is 0.0811 e. The van der Waals surface area contributed by atoms with Crippen LogP contribution in [0.5, 0.6) is 0 Å². The maximum absolute atomic E-state index is 7.46. The summed E-state index contributed by atoms with van der Waals surface area (Å²) in [5, 5.41) is 7.46. The van der Waals surface area contributed by atoms with Crippen LogP contribution in [0.25, 0.3) is 0 Å². The van der Waals surface area contributed by atoms with Crippen LogP contribution in [0.3, 0.4) is 0 Å². The van der Waals surface area contributed by atoms with Crippen molar-refractivity contribution in [3.8, 4) is 0 Å². The second kappa shape index (κ2) is 2.77. The molecule has 3 heteroatoms. The molecule has 0 aromatic carbocycles. The first-order chi connectivity index (χ1) is 4.75. The van der Waals surface area contributed by atoms with Gasteiger partial charge in [-0.1, -0.05) is 12.2 Å². The Kier molecular flexibility index (Phi) is 1.99. The Bertz CT molecular complexity index is 203. The molecule has 10 heavy (non-hydrogen) atoms. The van der Waals surface area contributed by atoms with Crippen molar-refractivity contribution in [1.82, 2.24) is 5.43 Å². The second-order valence-corrected chi connectivity index (χ2v) is 2.19. The molecule has 0 saturated heterocycles. The van der Waals surface area contributed by atoms with E-state index in [1.807, 2.05) is 6.92 Å². The predicted octanol–water partition coefficient (Wildman–Crippen LogP) is 0.157. The minimum absolute atomic E-state index is 0.138. The third kappa shape index (κ3) is 1.15. The van der Waals surface area contributed by atoms with Gasteiger partial charge in [-0.15, -0.1) is 0 Å². The summed E-state index contributed by atoms with van der Waals surface area (Å²) in [4.78, 5) is 0. The zero-order valence-electron chi connectivity index (χ0n) is 5.81. The van der Waals surface area contributed by atoms with E-state index in [1.54, 1.807) is 12.2 Å². The number of hydrogen-bond donors (Lipinski definition) is 3. The van der Waals surface area contributed by atoms with Gasteiger partial charge in [0.15, 0.2) is 0 Å². The molecule has 1 rings (SSSR count). The molecule has 0 aromatic rings. The van der Waals surface area contributed by atoms with Gasteiger partial charge in [0.25, 0.3) is 0 Å². The summed E-state index contributed by atoms with van der Waals surface area (Å²) in [7, 11) is 0. The molecule has 1 atom stereocenters. The molecule has 0 fully saturated rings. The van der Waals surface area contributed by atoms with Crippen LogP contribution in [0.15, 0.2) is 17.7 Å². The van der Waals surface area contributed by atoms with Gasteiger partial charge >= 0.3 is 0 Å². The summed E-state index contributed by atoms with van der Waals surface area (Å²) in [6.45, 7) is 1.84. The third-order valence-corrected chi connectivity index (χ3v) is 1.48. The molecule has 3 nitrogen and oxygen atoms in total. The summed E-state index contributed by atoms with van der Waals surface area (Å²) in [5.74, 6) is 5.17. The Labute approximate surface area is 60.1 Å². The van der Waals surface area contributed by atoms with Crippen molar-refractivity contribution < 1.29 is 0 Å². The zero-order chi connectivity index (χ0) is 7.56. The van der Waals surface area contributed by atoms with Crippen molar-refractivity contribution in [3.63, 3.8) is 0 Å². The van der Waals surface area contributed by atoms with E-state index in [-0.39, 0.29) is 6.04 Å². The lowest BCUT2D eigenvalue weighted by Crippen LogP contribution is -2.40. The van der Waals surface area contributed by atoms with Crippen molar-refractivity contribution in [2.24, 2.45) is 5.84 Å². The van der Waals surface area contributed by atoms with Gasteiger partial charge in [0.1, 0.15) is 0 Å². The summed E-state index contributed by atoms with van der Waals surface area (Å²) in [5.41, 5.74) is 3.84. The van der Waals surface area contributed by atoms with E-state index in [2.05, 4.69) is 11.5 Å². The number of hydrazine groups is 1. The average molecular weight is 136 g/mol. The molecular formula is C7H10N3. The number of nitrogens with two attached hydrogens (primary N) is 1. The fourth-order valence-electron chi connectivity index (χ4n) is 0.815. The molecule has 0 bridgehead atoms. The number of nitrogens with one attached hydrogen (secondary N) is 2. The van der Waals surface area contributed by atoms with Gasteiger partial charge in [-0.2, -0.15) is 0 Å². The predicted molar refractivity (Wildman–Crippen MR) is 40.4 cm³/mol. The molecule has 1 aliphatic rings. The molecule has 0 heterocycles. The Morgan fingerprint density at radius 2 is 2.50 bits per heavy atom. The quantitative estimate of drug-likeness (QED) is 0.355. The molecular weight excluding hydrogens is 126 g/mol. The molecule has 0 aromatic heterocycles. The lowest BCUT2D eigenvalue weighted by molar-refractivity contribution is 0.739. The minimum Gasteiger partial charge on any atom is -0.303 e. The zero-order valence-corrected chi connectivity index (χ0v) is 5.81. The lowest BCUT2D eigenvalue weighted by atomic mass is 10.0. The molecule has 0 spiro atoms. The van der Waals surface area contributed by atoms with Gasteiger partial charge in [0.05, 0.1) is 11.8 Å². The van der Waals surface area contributed by atoms with Gasteiger partial charge in [0, 0.05) is 0 Å². The van der Waals surface area contributed by atoms with Crippen LogP contribution in [0, 0.1) is 11.5 Å². The van der Waals surface area contributed by atoms with Crippen molar-refractivity contribution in [3.05, 3.63) is 23.8 Å². The van der Waals surface area contributed by atoms with Crippen molar-refractivity contribution >= 4 is 5.71 Å². The van der Waals surface area contributed by atoms with Crippen LogP contribution in [0.1, 0.15) is 6.92 Å². The van der Waals surface area contributed by atoms with Gasteiger partial charge in [-0.3, -0.25) is 5.84 Å². The van der Waals surface area contributed by atoms with Crippen molar-refractivity contribution in [1.29, 1.82) is 5.41 Å². The Morgan fingerprint density at radius 1 is 1.80 bits per heavy atom. The fourth-order valence-corrected chi connectivity index (χ4v) is 0.815. The molecule has 1 aliphatic carbocycles. The fraction of sp³-hybridized carbons (Fsp3) is 0.286. The molecule has 1 unspecified atom stereocenters. The van der Waals surface area contributed by atoms with Crippen LogP contribution in [-0.2, 0) is 0 Å². The van der Waals surface area contributed by atoms with Gasteiger partial charge in [-0.05, 0) is 18.6 Å². The molecule has 0 saturated carbocycles. The average Bonchev–Trinajstić information content (AvgIpc) is 1.95. The van der Waals surface area contributed by atoms with E-state index in [1.165, 1.54) is 0 Å². The molecule has 0 amide bonds. The van der Waals surface area contributed by atoms with Crippen LogP contribution in [-0.4, -0.2) is 11.8 Å². The van der Waals surface area contributed by atoms with Crippen LogP contribution < -0.4 is 11.3 Å². The van der Waals surface area contributed by atoms with Crippen molar-refractivity contribution in [2.75, 3.05) is 0 Å². The van der Waals surface area contributed by atoms with Gasteiger partial charge in [-0.25, -0.2) is 5.43 Å². The lowest BCUT2D eigenvalue weighted by Gasteiger charge is -2.15. The number of rotatable bonds is 1. The largest absolute Gasteiger partial charge is 0.303 e. The van der Waals surface area contributed by atoms with Crippen LogP contribution in [0.2, 0.25) is 0 Å². The van der Waals surface area contributed by atoms with E-state index in [9.17, 15) is 0 Å². The number of hydrogen-bond acceptors (Lipinski definition) is 3. The Hall–Kier alpha value is -0.930. The van der Waals surface area contributed by atoms with E-state index in [0.29, 0.717) is 5.71 Å². The summed E-state index contributed by atoms with van der Waals surface area (Å²) in [6, 6.07) is -0.138. The summed E-state index contributed by atoms with van der Waals surface area (Å²) >= 11 is 0. The van der Waals surface area contributed by atoms with Gasteiger partial charge < -0.3 is 5.41 Å².